The Morgan fingerprint density at radius 2 is 1.48 bits per heavy atom. The number of fused-ring (bicyclic) bond motifs is 1. The van der Waals surface area contributed by atoms with E-state index in [2.05, 4.69) is 52.7 Å². The summed E-state index contributed by atoms with van der Waals surface area (Å²) >= 11 is 0. The first kappa shape index (κ1) is 14.9. The Bertz CT molecular complexity index is 794. The van der Waals surface area contributed by atoms with Gasteiger partial charge in [0.25, 0.3) is 10.1 Å². The Kier molecular flexibility index (Phi) is 3.54. The van der Waals surface area contributed by atoms with E-state index in [4.69, 9.17) is 0 Å². The average Bonchev–Trinajstić information content (AvgIpc) is 2.60. The summed E-state index contributed by atoms with van der Waals surface area (Å²) in [6, 6.07) is 17.3. The number of hydrogen-bond donors (Lipinski definition) is 0. The first-order chi connectivity index (χ1) is 11.1. The van der Waals surface area contributed by atoms with Crippen molar-refractivity contribution < 1.29 is 12.6 Å². The van der Waals surface area contributed by atoms with Crippen LogP contribution in [0.1, 0.15) is 46.9 Å². The topological polar surface area (TPSA) is 43.4 Å². The van der Waals surface area contributed by atoms with Gasteiger partial charge in [0.05, 0.1) is 12.9 Å². The maximum atomic E-state index is 11.7. The van der Waals surface area contributed by atoms with E-state index in [1.54, 1.807) is 0 Å². The molecular weight excluding hydrogens is 308 g/mol. The van der Waals surface area contributed by atoms with Gasteiger partial charge in [-0.1, -0.05) is 48.5 Å². The first-order valence-electron chi connectivity index (χ1n) is 8.06. The third kappa shape index (κ3) is 2.41. The van der Waals surface area contributed by atoms with E-state index in [-0.39, 0.29) is 5.75 Å². The highest BCUT2D eigenvalue weighted by molar-refractivity contribution is 7.86. The monoisotopic (exact) mass is 328 g/mol. The SMILES string of the molecule is COS(=O)(=O)CCC1CC2c3ccccc3C1c1ccccc12. The Morgan fingerprint density at radius 3 is 2.00 bits per heavy atom. The van der Waals surface area contributed by atoms with Crippen molar-refractivity contribution in [3.05, 3.63) is 70.8 Å². The summed E-state index contributed by atoms with van der Waals surface area (Å²) in [7, 11) is -2.15. The van der Waals surface area contributed by atoms with Crippen molar-refractivity contribution in [2.75, 3.05) is 12.9 Å². The molecule has 0 N–H and O–H groups in total. The molecule has 0 amide bonds. The quantitative estimate of drug-likeness (QED) is 0.805. The van der Waals surface area contributed by atoms with Gasteiger partial charge in [-0.2, -0.15) is 8.42 Å². The predicted octanol–water partition coefficient (Wildman–Crippen LogP) is 3.65. The van der Waals surface area contributed by atoms with Crippen LogP contribution < -0.4 is 0 Å². The fourth-order valence-electron chi connectivity index (χ4n) is 4.42. The number of benzene rings is 2. The fraction of sp³-hybridized carbons (Fsp3) is 0.368. The normalized spacial score (nSPS) is 25.0. The second-order valence-electron chi connectivity index (χ2n) is 6.50. The standard InChI is InChI=1S/C19H20O3S/c1-22-23(20,21)11-10-13-12-18-14-6-2-4-8-16(14)19(13)17-9-5-3-7-15(17)18/h2-9,13,18-19H,10-12H2,1H3. The lowest BCUT2D eigenvalue weighted by atomic mass is 9.58. The molecule has 1 unspecified atom stereocenters. The van der Waals surface area contributed by atoms with Gasteiger partial charge in [0.2, 0.25) is 0 Å². The molecule has 0 radical (unpaired) electrons. The van der Waals surface area contributed by atoms with E-state index >= 15 is 0 Å². The summed E-state index contributed by atoms with van der Waals surface area (Å²) in [6.45, 7) is 0. The van der Waals surface area contributed by atoms with E-state index in [1.807, 2.05) is 0 Å². The van der Waals surface area contributed by atoms with Crippen LogP contribution >= 0.6 is 0 Å². The first-order valence-corrected chi connectivity index (χ1v) is 9.64. The van der Waals surface area contributed by atoms with Crippen LogP contribution in [0.15, 0.2) is 48.5 Å². The molecule has 1 atom stereocenters. The van der Waals surface area contributed by atoms with Crippen molar-refractivity contribution in [3.63, 3.8) is 0 Å². The van der Waals surface area contributed by atoms with Crippen LogP contribution in [0.2, 0.25) is 0 Å². The second-order valence-corrected chi connectivity index (χ2v) is 8.36. The number of hydrogen-bond acceptors (Lipinski definition) is 3. The van der Waals surface area contributed by atoms with Crippen molar-refractivity contribution in [2.24, 2.45) is 5.92 Å². The third-order valence-corrected chi connectivity index (χ3v) is 6.66. The zero-order valence-electron chi connectivity index (χ0n) is 13.1. The molecule has 5 rings (SSSR count). The Morgan fingerprint density at radius 1 is 0.957 bits per heavy atom. The van der Waals surface area contributed by atoms with E-state index < -0.39 is 10.1 Å². The van der Waals surface area contributed by atoms with Gasteiger partial charge in [0.15, 0.2) is 0 Å². The maximum absolute atomic E-state index is 11.7. The Labute approximate surface area is 137 Å². The van der Waals surface area contributed by atoms with Crippen LogP contribution in [0.4, 0.5) is 0 Å². The number of rotatable bonds is 4. The zero-order valence-corrected chi connectivity index (χ0v) is 13.9. The molecule has 0 saturated heterocycles. The molecule has 4 heteroatoms. The molecule has 2 aromatic rings. The summed E-state index contributed by atoms with van der Waals surface area (Å²) in [5, 5.41) is 0. The molecule has 0 aliphatic heterocycles. The molecule has 2 bridgehead atoms. The molecular formula is C19H20O3S. The summed E-state index contributed by atoms with van der Waals surface area (Å²) in [5.74, 6) is 1.15. The van der Waals surface area contributed by atoms with Crippen LogP contribution in [0, 0.1) is 5.92 Å². The molecule has 0 fully saturated rings. The lowest BCUT2D eigenvalue weighted by Gasteiger charge is -2.45. The Balaban J connectivity index is 1.74. The summed E-state index contributed by atoms with van der Waals surface area (Å²) in [5.41, 5.74) is 5.59. The zero-order chi connectivity index (χ0) is 16.0. The van der Waals surface area contributed by atoms with Crippen molar-refractivity contribution in [3.8, 4) is 0 Å². The Hall–Kier alpha value is -1.65. The lowest BCUT2D eigenvalue weighted by Crippen LogP contribution is -2.33. The van der Waals surface area contributed by atoms with Crippen LogP contribution in [0.25, 0.3) is 0 Å². The largest absolute Gasteiger partial charge is 0.273 e. The van der Waals surface area contributed by atoms with Gasteiger partial charge < -0.3 is 0 Å². The third-order valence-electron chi connectivity index (χ3n) is 5.42. The van der Waals surface area contributed by atoms with E-state index in [1.165, 1.54) is 29.4 Å². The summed E-state index contributed by atoms with van der Waals surface area (Å²) in [4.78, 5) is 0. The summed E-state index contributed by atoms with van der Waals surface area (Å²) < 4.78 is 28.1. The fourth-order valence-corrected chi connectivity index (χ4v) is 5.18. The molecule has 3 nitrogen and oxygen atoms in total. The van der Waals surface area contributed by atoms with Gasteiger partial charge >= 0.3 is 0 Å². The van der Waals surface area contributed by atoms with Gasteiger partial charge in [-0.15, -0.1) is 0 Å². The molecule has 120 valence electrons. The highest BCUT2D eigenvalue weighted by atomic mass is 32.2. The van der Waals surface area contributed by atoms with E-state index in [0.717, 1.165) is 6.42 Å². The van der Waals surface area contributed by atoms with Gasteiger partial charge in [0.1, 0.15) is 0 Å². The van der Waals surface area contributed by atoms with Gasteiger partial charge in [-0.3, -0.25) is 4.18 Å². The molecule has 23 heavy (non-hydrogen) atoms. The van der Waals surface area contributed by atoms with Crippen molar-refractivity contribution in [1.29, 1.82) is 0 Å². The van der Waals surface area contributed by atoms with E-state index in [9.17, 15) is 8.42 Å². The van der Waals surface area contributed by atoms with Gasteiger partial charge in [-0.05, 0) is 41.0 Å². The molecule has 3 aliphatic rings. The smallest absolute Gasteiger partial charge is 0.267 e. The van der Waals surface area contributed by atoms with Crippen molar-refractivity contribution in [1.82, 2.24) is 0 Å². The molecule has 0 heterocycles. The second kappa shape index (κ2) is 5.46. The minimum absolute atomic E-state index is 0.0989. The minimum Gasteiger partial charge on any atom is -0.273 e. The lowest BCUT2D eigenvalue weighted by molar-refractivity contribution is 0.338. The highest BCUT2D eigenvalue weighted by Gasteiger charge is 2.42. The molecule has 2 aromatic carbocycles. The van der Waals surface area contributed by atoms with Crippen molar-refractivity contribution in [2.45, 2.75) is 24.7 Å². The van der Waals surface area contributed by atoms with Crippen LogP contribution in [-0.4, -0.2) is 21.3 Å². The maximum Gasteiger partial charge on any atom is 0.267 e. The highest BCUT2D eigenvalue weighted by Crippen LogP contribution is 2.56. The van der Waals surface area contributed by atoms with Gasteiger partial charge in [-0.25, -0.2) is 0 Å². The molecule has 3 aliphatic carbocycles. The molecule has 0 spiro atoms. The predicted molar refractivity (Wildman–Crippen MR) is 90.1 cm³/mol. The van der Waals surface area contributed by atoms with Gasteiger partial charge in [0, 0.05) is 11.8 Å². The van der Waals surface area contributed by atoms with E-state index in [0.29, 0.717) is 24.2 Å². The van der Waals surface area contributed by atoms with Crippen molar-refractivity contribution >= 4 is 10.1 Å². The van der Waals surface area contributed by atoms with Crippen LogP contribution in [0.3, 0.4) is 0 Å². The average molecular weight is 328 g/mol. The summed E-state index contributed by atoms with van der Waals surface area (Å²) in [6.07, 6.45) is 1.68. The van der Waals surface area contributed by atoms with Crippen LogP contribution in [0.5, 0.6) is 0 Å². The minimum atomic E-state index is -3.39. The molecule has 0 saturated carbocycles. The van der Waals surface area contributed by atoms with Crippen LogP contribution in [-0.2, 0) is 14.3 Å². The molecule has 0 aromatic heterocycles.